The van der Waals surface area contributed by atoms with E-state index in [0.29, 0.717) is 17.2 Å². The number of fused-ring (bicyclic) bond motifs is 1. The normalized spacial score (nSPS) is 17.6. The number of rotatable bonds is 5. The summed E-state index contributed by atoms with van der Waals surface area (Å²) in [4.78, 5) is 16.5. The van der Waals surface area contributed by atoms with Crippen molar-refractivity contribution in [3.8, 4) is 17.2 Å². The lowest BCUT2D eigenvalue weighted by Gasteiger charge is -2.34. The van der Waals surface area contributed by atoms with E-state index in [1.54, 1.807) is 18.2 Å². The lowest BCUT2D eigenvalue weighted by atomic mass is 10.3. The molecule has 6 nitrogen and oxygen atoms in total. The number of carbonyl (C=O) groups is 1. The van der Waals surface area contributed by atoms with E-state index in [4.69, 9.17) is 14.2 Å². The summed E-state index contributed by atoms with van der Waals surface area (Å²) in [5, 5.41) is 0. The average Bonchev–Trinajstić information content (AvgIpc) is 3.01. The summed E-state index contributed by atoms with van der Waals surface area (Å²) in [7, 11) is 0. The molecule has 0 spiro atoms. The number of amides is 1. The molecular formula is C16H22N2O4. The first kappa shape index (κ1) is 15.0. The van der Waals surface area contributed by atoms with Crippen molar-refractivity contribution < 1.29 is 19.0 Å². The standard InChI is InChI=1S/C16H22N2O4/c1-2-5-17-6-8-18(9-7-17)16(19)11-20-13-3-4-14-15(10-13)22-12-21-14/h3-4,10H,2,5-9,11-12H2,1H3. The van der Waals surface area contributed by atoms with E-state index in [1.807, 2.05) is 4.90 Å². The Morgan fingerprint density at radius 2 is 1.95 bits per heavy atom. The van der Waals surface area contributed by atoms with Gasteiger partial charge in [-0.25, -0.2) is 0 Å². The maximum atomic E-state index is 12.2. The monoisotopic (exact) mass is 306 g/mol. The Kier molecular flexibility index (Phi) is 4.68. The van der Waals surface area contributed by atoms with Crippen LogP contribution in [0.2, 0.25) is 0 Å². The first-order valence-electron chi connectivity index (χ1n) is 7.79. The summed E-state index contributed by atoms with van der Waals surface area (Å²) < 4.78 is 16.1. The molecule has 1 fully saturated rings. The number of carbonyl (C=O) groups excluding carboxylic acids is 1. The van der Waals surface area contributed by atoms with Gasteiger partial charge in [0.2, 0.25) is 6.79 Å². The van der Waals surface area contributed by atoms with E-state index in [2.05, 4.69) is 11.8 Å². The Balaban J connectivity index is 1.46. The summed E-state index contributed by atoms with van der Waals surface area (Å²) in [6, 6.07) is 5.35. The zero-order chi connectivity index (χ0) is 15.4. The summed E-state index contributed by atoms with van der Waals surface area (Å²) >= 11 is 0. The Bertz CT molecular complexity index is 527. The van der Waals surface area contributed by atoms with Crippen molar-refractivity contribution in [3.05, 3.63) is 18.2 Å². The van der Waals surface area contributed by atoms with Crippen LogP contribution in [0, 0.1) is 0 Å². The largest absolute Gasteiger partial charge is 0.484 e. The van der Waals surface area contributed by atoms with Crippen LogP contribution in [0.1, 0.15) is 13.3 Å². The molecule has 0 aromatic heterocycles. The van der Waals surface area contributed by atoms with E-state index in [9.17, 15) is 4.79 Å². The van der Waals surface area contributed by atoms with Gasteiger partial charge in [0.05, 0.1) is 0 Å². The third-order valence-corrected chi connectivity index (χ3v) is 3.97. The Hall–Kier alpha value is -1.95. The van der Waals surface area contributed by atoms with Gasteiger partial charge < -0.3 is 19.1 Å². The van der Waals surface area contributed by atoms with Gasteiger partial charge in [0.25, 0.3) is 5.91 Å². The molecule has 22 heavy (non-hydrogen) atoms. The third kappa shape index (κ3) is 3.44. The fourth-order valence-corrected chi connectivity index (χ4v) is 2.74. The van der Waals surface area contributed by atoms with Crippen LogP contribution in [0.4, 0.5) is 0 Å². The van der Waals surface area contributed by atoms with Gasteiger partial charge in [-0.2, -0.15) is 0 Å². The highest BCUT2D eigenvalue weighted by atomic mass is 16.7. The van der Waals surface area contributed by atoms with Gasteiger partial charge in [0.1, 0.15) is 5.75 Å². The molecule has 1 aromatic rings. The van der Waals surface area contributed by atoms with Gasteiger partial charge in [0, 0.05) is 32.2 Å². The predicted octanol–water partition coefficient (Wildman–Crippen LogP) is 1.35. The second kappa shape index (κ2) is 6.87. The van der Waals surface area contributed by atoms with Crippen LogP contribution in [0.25, 0.3) is 0 Å². The Morgan fingerprint density at radius 1 is 1.18 bits per heavy atom. The highest BCUT2D eigenvalue weighted by Gasteiger charge is 2.21. The number of hydrogen-bond donors (Lipinski definition) is 0. The fraction of sp³-hybridized carbons (Fsp3) is 0.562. The van der Waals surface area contributed by atoms with Crippen molar-refractivity contribution in [1.82, 2.24) is 9.80 Å². The topological polar surface area (TPSA) is 51.2 Å². The molecule has 120 valence electrons. The van der Waals surface area contributed by atoms with E-state index >= 15 is 0 Å². The smallest absolute Gasteiger partial charge is 0.260 e. The molecular weight excluding hydrogens is 284 g/mol. The lowest BCUT2D eigenvalue weighted by Crippen LogP contribution is -2.50. The molecule has 3 rings (SSSR count). The van der Waals surface area contributed by atoms with Crippen molar-refractivity contribution in [2.24, 2.45) is 0 Å². The predicted molar refractivity (Wildman–Crippen MR) is 81.4 cm³/mol. The van der Waals surface area contributed by atoms with Crippen LogP contribution in [-0.2, 0) is 4.79 Å². The number of benzene rings is 1. The average molecular weight is 306 g/mol. The number of hydrogen-bond acceptors (Lipinski definition) is 5. The maximum absolute atomic E-state index is 12.2. The molecule has 0 unspecified atom stereocenters. The molecule has 0 bridgehead atoms. The quantitative estimate of drug-likeness (QED) is 0.822. The molecule has 0 saturated carbocycles. The highest BCUT2D eigenvalue weighted by molar-refractivity contribution is 5.78. The van der Waals surface area contributed by atoms with Gasteiger partial charge in [-0.3, -0.25) is 9.69 Å². The van der Waals surface area contributed by atoms with E-state index in [1.165, 1.54) is 0 Å². The van der Waals surface area contributed by atoms with Gasteiger partial charge in [-0.1, -0.05) is 6.92 Å². The minimum Gasteiger partial charge on any atom is -0.484 e. The maximum Gasteiger partial charge on any atom is 0.260 e. The summed E-state index contributed by atoms with van der Waals surface area (Å²) in [6.45, 7) is 7.04. The zero-order valence-electron chi connectivity index (χ0n) is 12.9. The molecule has 1 saturated heterocycles. The summed E-state index contributed by atoms with van der Waals surface area (Å²) in [5.41, 5.74) is 0. The summed E-state index contributed by atoms with van der Waals surface area (Å²) in [6.07, 6.45) is 1.15. The van der Waals surface area contributed by atoms with Crippen LogP contribution in [0.15, 0.2) is 18.2 Å². The van der Waals surface area contributed by atoms with Crippen LogP contribution >= 0.6 is 0 Å². The number of ether oxygens (including phenoxy) is 3. The van der Waals surface area contributed by atoms with E-state index in [-0.39, 0.29) is 19.3 Å². The fourth-order valence-electron chi connectivity index (χ4n) is 2.74. The van der Waals surface area contributed by atoms with Gasteiger partial charge in [-0.15, -0.1) is 0 Å². The molecule has 2 aliphatic heterocycles. The lowest BCUT2D eigenvalue weighted by molar-refractivity contribution is -0.135. The van der Waals surface area contributed by atoms with Gasteiger partial charge in [0.15, 0.2) is 18.1 Å². The van der Waals surface area contributed by atoms with Crippen molar-refractivity contribution in [1.29, 1.82) is 0 Å². The van der Waals surface area contributed by atoms with Crippen LogP contribution in [-0.4, -0.2) is 61.8 Å². The molecule has 2 aliphatic rings. The molecule has 1 amide bonds. The zero-order valence-corrected chi connectivity index (χ0v) is 12.9. The van der Waals surface area contributed by atoms with E-state index < -0.39 is 0 Å². The number of piperazine rings is 1. The second-order valence-electron chi connectivity index (χ2n) is 5.53. The molecule has 1 aromatic carbocycles. The Morgan fingerprint density at radius 3 is 2.73 bits per heavy atom. The minimum atomic E-state index is 0.0359. The van der Waals surface area contributed by atoms with E-state index in [0.717, 1.165) is 39.1 Å². The van der Waals surface area contributed by atoms with Crippen molar-refractivity contribution in [2.45, 2.75) is 13.3 Å². The molecule has 2 heterocycles. The van der Waals surface area contributed by atoms with Crippen LogP contribution in [0.5, 0.6) is 17.2 Å². The molecule has 6 heteroatoms. The summed E-state index contributed by atoms with van der Waals surface area (Å²) in [5.74, 6) is 2.04. The van der Waals surface area contributed by atoms with Gasteiger partial charge >= 0.3 is 0 Å². The van der Waals surface area contributed by atoms with Crippen molar-refractivity contribution >= 4 is 5.91 Å². The third-order valence-electron chi connectivity index (χ3n) is 3.97. The van der Waals surface area contributed by atoms with Crippen molar-refractivity contribution in [2.75, 3.05) is 46.1 Å². The molecule has 0 atom stereocenters. The second-order valence-corrected chi connectivity index (χ2v) is 5.53. The van der Waals surface area contributed by atoms with Crippen LogP contribution < -0.4 is 14.2 Å². The number of nitrogens with zero attached hydrogens (tertiary/aromatic N) is 2. The molecule has 0 radical (unpaired) electrons. The highest BCUT2D eigenvalue weighted by Crippen LogP contribution is 2.35. The SMILES string of the molecule is CCCN1CCN(C(=O)COc2ccc3c(c2)OCO3)CC1. The minimum absolute atomic E-state index is 0.0359. The Labute approximate surface area is 130 Å². The molecule has 0 aliphatic carbocycles. The van der Waals surface area contributed by atoms with Crippen LogP contribution in [0.3, 0.4) is 0 Å². The first-order valence-corrected chi connectivity index (χ1v) is 7.79. The molecule has 0 N–H and O–H groups in total. The van der Waals surface area contributed by atoms with Gasteiger partial charge in [-0.05, 0) is 25.1 Å². The van der Waals surface area contributed by atoms with Crippen molar-refractivity contribution in [3.63, 3.8) is 0 Å². The first-order chi connectivity index (χ1) is 10.8.